The van der Waals surface area contributed by atoms with Gasteiger partial charge in [0.15, 0.2) is 11.0 Å². The number of aromatic nitrogens is 2. The van der Waals surface area contributed by atoms with Crippen LogP contribution in [0.5, 0.6) is 5.75 Å². The van der Waals surface area contributed by atoms with Crippen molar-refractivity contribution in [3.05, 3.63) is 16.4 Å². The van der Waals surface area contributed by atoms with Gasteiger partial charge in [-0.3, -0.25) is 0 Å². The molecule has 3 rings (SSSR count). The minimum atomic E-state index is -0.375. The standard InChI is InChI=1S/C13H13BrFN3OS/c1-18-4-3-5-19-8-6-7(14)10(15)11-9(8)12(18)17-13(16-11)20-2/h6H,3-5H2,1-2H3. The monoisotopic (exact) mass is 357 g/mol. The lowest BCUT2D eigenvalue weighted by molar-refractivity contribution is 0.313. The van der Waals surface area contributed by atoms with Crippen molar-refractivity contribution >= 4 is 44.4 Å². The molecule has 0 saturated heterocycles. The Morgan fingerprint density at radius 3 is 3.00 bits per heavy atom. The van der Waals surface area contributed by atoms with Gasteiger partial charge >= 0.3 is 0 Å². The van der Waals surface area contributed by atoms with Crippen molar-refractivity contribution in [2.75, 3.05) is 31.4 Å². The molecular weight excluding hydrogens is 345 g/mol. The first-order valence-corrected chi connectivity index (χ1v) is 8.21. The second-order valence-electron chi connectivity index (χ2n) is 4.55. The van der Waals surface area contributed by atoms with E-state index in [-0.39, 0.29) is 5.82 Å². The van der Waals surface area contributed by atoms with Gasteiger partial charge in [0.05, 0.1) is 16.5 Å². The van der Waals surface area contributed by atoms with E-state index in [1.807, 2.05) is 18.2 Å². The molecule has 0 N–H and O–H groups in total. The minimum Gasteiger partial charge on any atom is -0.493 e. The van der Waals surface area contributed by atoms with Gasteiger partial charge in [-0.15, -0.1) is 0 Å². The van der Waals surface area contributed by atoms with Gasteiger partial charge in [0.2, 0.25) is 0 Å². The molecule has 2 aromatic rings. The number of nitrogens with zero attached hydrogens (tertiary/aromatic N) is 3. The van der Waals surface area contributed by atoms with Gasteiger partial charge in [-0.2, -0.15) is 0 Å². The fraction of sp³-hybridized carbons (Fsp3) is 0.385. The summed E-state index contributed by atoms with van der Waals surface area (Å²) in [7, 11) is 1.96. The molecule has 0 saturated carbocycles. The van der Waals surface area contributed by atoms with Crippen molar-refractivity contribution in [1.82, 2.24) is 9.97 Å². The lowest BCUT2D eigenvalue weighted by atomic mass is 10.2. The average Bonchev–Trinajstić information content (AvgIpc) is 2.45. The molecule has 20 heavy (non-hydrogen) atoms. The van der Waals surface area contributed by atoms with E-state index in [0.29, 0.717) is 32.9 Å². The maximum absolute atomic E-state index is 14.4. The molecule has 1 aromatic heterocycles. The Labute approximate surface area is 128 Å². The van der Waals surface area contributed by atoms with Crippen LogP contribution in [0.15, 0.2) is 15.7 Å². The van der Waals surface area contributed by atoms with Crippen molar-refractivity contribution < 1.29 is 9.13 Å². The highest BCUT2D eigenvalue weighted by Gasteiger charge is 2.22. The molecule has 0 unspecified atom stereocenters. The maximum Gasteiger partial charge on any atom is 0.189 e. The predicted molar refractivity (Wildman–Crippen MR) is 82.4 cm³/mol. The maximum atomic E-state index is 14.4. The fourth-order valence-corrected chi connectivity index (χ4v) is 3.01. The van der Waals surface area contributed by atoms with Crippen LogP contribution in [0.25, 0.3) is 10.9 Å². The number of anilines is 1. The number of hydrogen-bond donors (Lipinski definition) is 0. The average molecular weight is 358 g/mol. The molecular formula is C13H13BrFN3OS. The largest absolute Gasteiger partial charge is 0.493 e. The summed E-state index contributed by atoms with van der Waals surface area (Å²) >= 11 is 4.63. The molecule has 4 nitrogen and oxygen atoms in total. The minimum absolute atomic E-state index is 0.303. The van der Waals surface area contributed by atoms with Gasteiger partial charge in [0.25, 0.3) is 0 Å². The molecule has 1 aliphatic heterocycles. The van der Waals surface area contributed by atoms with Gasteiger partial charge in [-0.05, 0) is 34.7 Å². The number of halogens is 2. The SMILES string of the molecule is CSc1nc2c3c(cc(Br)c(F)c3n1)OCCCN2C. The number of hydrogen-bond acceptors (Lipinski definition) is 5. The van der Waals surface area contributed by atoms with E-state index in [4.69, 9.17) is 4.74 Å². The smallest absolute Gasteiger partial charge is 0.189 e. The molecule has 1 aliphatic rings. The first-order chi connectivity index (χ1) is 9.61. The molecule has 1 aromatic carbocycles. The fourth-order valence-electron chi connectivity index (χ4n) is 2.25. The summed E-state index contributed by atoms with van der Waals surface area (Å²) in [6.07, 6.45) is 2.77. The molecule has 7 heteroatoms. The van der Waals surface area contributed by atoms with E-state index in [2.05, 4.69) is 25.9 Å². The van der Waals surface area contributed by atoms with Crippen molar-refractivity contribution in [2.45, 2.75) is 11.6 Å². The normalized spacial score (nSPS) is 14.9. The summed E-state index contributed by atoms with van der Waals surface area (Å²) in [4.78, 5) is 10.9. The lowest BCUT2D eigenvalue weighted by Gasteiger charge is -2.24. The first kappa shape index (κ1) is 13.9. The van der Waals surface area contributed by atoms with E-state index < -0.39 is 0 Å². The van der Waals surface area contributed by atoms with Gasteiger partial charge < -0.3 is 9.64 Å². The third-order valence-electron chi connectivity index (χ3n) is 3.23. The number of benzene rings is 1. The Balaban J connectivity index is 2.42. The lowest BCUT2D eigenvalue weighted by Crippen LogP contribution is -2.24. The topological polar surface area (TPSA) is 38.3 Å². The van der Waals surface area contributed by atoms with Crippen LogP contribution in [0, 0.1) is 5.82 Å². The van der Waals surface area contributed by atoms with Crippen LogP contribution < -0.4 is 9.64 Å². The van der Waals surface area contributed by atoms with Crippen LogP contribution in [0.4, 0.5) is 10.2 Å². The molecule has 0 spiro atoms. The van der Waals surface area contributed by atoms with Gasteiger partial charge in [0, 0.05) is 13.6 Å². The second kappa shape index (κ2) is 5.37. The molecule has 106 valence electrons. The highest BCUT2D eigenvalue weighted by atomic mass is 79.9. The molecule has 0 radical (unpaired) electrons. The van der Waals surface area contributed by atoms with Gasteiger partial charge in [-0.25, -0.2) is 14.4 Å². The van der Waals surface area contributed by atoms with Crippen molar-refractivity contribution in [3.8, 4) is 5.75 Å². The zero-order chi connectivity index (χ0) is 14.3. The Hall–Kier alpha value is -1.08. The Morgan fingerprint density at radius 1 is 1.45 bits per heavy atom. The Morgan fingerprint density at radius 2 is 2.25 bits per heavy atom. The summed E-state index contributed by atoms with van der Waals surface area (Å²) in [6.45, 7) is 1.41. The molecule has 0 amide bonds. The van der Waals surface area contributed by atoms with Crippen LogP contribution in [0.1, 0.15) is 6.42 Å². The molecule has 2 heterocycles. The van der Waals surface area contributed by atoms with Crippen LogP contribution >= 0.6 is 27.7 Å². The van der Waals surface area contributed by atoms with E-state index in [1.54, 1.807) is 6.07 Å². The quantitative estimate of drug-likeness (QED) is 0.577. The number of ether oxygens (including phenoxy) is 1. The van der Waals surface area contributed by atoms with Crippen LogP contribution in [0.3, 0.4) is 0 Å². The predicted octanol–water partition coefficient (Wildman–Crippen LogP) is 3.47. The van der Waals surface area contributed by atoms with E-state index in [1.165, 1.54) is 11.8 Å². The Kier molecular flexibility index (Phi) is 3.72. The first-order valence-electron chi connectivity index (χ1n) is 6.19. The van der Waals surface area contributed by atoms with Gasteiger partial charge in [-0.1, -0.05) is 11.8 Å². The van der Waals surface area contributed by atoms with Crippen molar-refractivity contribution in [2.24, 2.45) is 0 Å². The van der Waals surface area contributed by atoms with Crippen LogP contribution in [-0.4, -0.2) is 36.4 Å². The summed E-state index contributed by atoms with van der Waals surface area (Å²) in [5.41, 5.74) is 0.303. The third kappa shape index (κ3) is 2.22. The summed E-state index contributed by atoms with van der Waals surface area (Å²) in [5, 5.41) is 1.20. The summed E-state index contributed by atoms with van der Waals surface area (Å²) in [6, 6.07) is 1.66. The van der Waals surface area contributed by atoms with E-state index >= 15 is 0 Å². The zero-order valence-electron chi connectivity index (χ0n) is 11.1. The van der Waals surface area contributed by atoms with Crippen LogP contribution in [-0.2, 0) is 0 Å². The highest BCUT2D eigenvalue weighted by molar-refractivity contribution is 9.10. The summed E-state index contributed by atoms with van der Waals surface area (Å²) < 4.78 is 20.5. The molecule has 0 aliphatic carbocycles. The zero-order valence-corrected chi connectivity index (χ0v) is 13.5. The van der Waals surface area contributed by atoms with Crippen molar-refractivity contribution in [1.29, 1.82) is 0 Å². The molecule has 0 fully saturated rings. The van der Waals surface area contributed by atoms with Crippen LogP contribution in [0.2, 0.25) is 0 Å². The molecule has 0 bridgehead atoms. The highest BCUT2D eigenvalue weighted by Crippen LogP contribution is 2.39. The van der Waals surface area contributed by atoms with Crippen molar-refractivity contribution in [3.63, 3.8) is 0 Å². The number of thioether (sulfide) groups is 1. The second-order valence-corrected chi connectivity index (χ2v) is 6.18. The van der Waals surface area contributed by atoms with E-state index in [9.17, 15) is 4.39 Å². The van der Waals surface area contributed by atoms with Gasteiger partial charge in [0.1, 0.15) is 17.1 Å². The Bertz CT molecular complexity index is 682. The summed E-state index contributed by atoms with van der Waals surface area (Å²) in [5.74, 6) is 0.975. The number of rotatable bonds is 1. The third-order valence-corrected chi connectivity index (χ3v) is 4.36. The van der Waals surface area contributed by atoms with E-state index in [0.717, 1.165) is 18.8 Å². The molecule has 0 atom stereocenters.